The van der Waals surface area contributed by atoms with Crippen molar-refractivity contribution in [2.24, 2.45) is 0 Å². The van der Waals surface area contributed by atoms with Crippen LogP contribution in [0.5, 0.6) is 11.5 Å². The standard InChI is InChI=1S/C11H9NO3S/c1-15-10-4-7(2-3-9(10)14)11-12-8(5-13)6-16-11/h2-6,14H,1H3. The molecule has 0 aliphatic rings. The van der Waals surface area contributed by atoms with E-state index in [9.17, 15) is 9.90 Å². The maximum absolute atomic E-state index is 10.5. The van der Waals surface area contributed by atoms with E-state index < -0.39 is 0 Å². The molecule has 0 aliphatic carbocycles. The minimum absolute atomic E-state index is 0.0819. The van der Waals surface area contributed by atoms with Crippen molar-refractivity contribution in [1.82, 2.24) is 4.98 Å². The maximum Gasteiger partial charge on any atom is 0.169 e. The van der Waals surface area contributed by atoms with E-state index in [4.69, 9.17) is 4.74 Å². The highest BCUT2D eigenvalue weighted by molar-refractivity contribution is 7.13. The van der Waals surface area contributed by atoms with E-state index in [0.29, 0.717) is 17.7 Å². The maximum atomic E-state index is 10.5. The van der Waals surface area contributed by atoms with E-state index in [2.05, 4.69) is 4.98 Å². The molecule has 0 radical (unpaired) electrons. The van der Waals surface area contributed by atoms with Gasteiger partial charge in [-0.3, -0.25) is 4.79 Å². The lowest BCUT2D eigenvalue weighted by atomic mass is 10.2. The predicted octanol–water partition coefficient (Wildman–Crippen LogP) is 2.34. The zero-order chi connectivity index (χ0) is 11.5. The zero-order valence-corrected chi connectivity index (χ0v) is 9.32. The highest BCUT2D eigenvalue weighted by atomic mass is 32.1. The summed E-state index contributed by atoms with van der Waals surface area (Å²) in [6.07, 6.45) is 0.706. The van der Waals surface area contributed by atoms with Gasteiger partial charge < -0.3 is 9.84 Å². The third-order valence-corrected chi connectivity index (χ3v) is 2.98. The Bertz CT molecular complexity index is 522. The van der Waals surface area contributed by atoms with Gasteiger partial charge in [0.2, 0.25) is 0 Å². The number of benzene rings is 1. The lowest BCUT2D eigenvalue weighted by molar-refractivity contribution is 0.111. The SMILES string of the molecule is COc1cc(-c2nc(C=O)cs2)ccc1O. The van der Waals surface area contributed by atoms with Gasteiger partial charge in [0.25, 0.3) is 0 Å². The van der Waals surface area contributed by atoms with E-state index in [1.54, 1.807) is 17.5 Å². The minimum atomic E-state index is 0.0819. The van der Waals surface area contributed by atoms with Crippen molar-refractivity contribution in [2.45, 2.75) is 0 Å². The van der Waals surface area contributed by atoms with Crippen LogP contribution < -0.4 is 4.74 Å². The summed E-state index contributed by atoms with van der Waals surface area (Å²) in [5, 5.41) is 11.8. The number of phenols is 1. The summed E-state index contributed by atoms with van der Waals surface area (Å²) in [5.41, 5.74) is 1.22. The predicted molar refractivity (Wildman–Crippen MR) is 61.2 cm³/mol. The number of aldehydes is 1. The van der Waals surface area contributed by atoms with E-state index in [1.165, 1.54) is 24.5 Å². The van der Waals surface area contributed by atoms with Crippen molar-refractivity contribution in [3.8, 4) is 22.1 Å². The molecule has 0 bridgehead atoms. The number of hydrogen-bond acceptors (Lipinski definition) is 5. The Kier molecular flexibility index (Phi) is 2.87. The van der Waals surface area contributed by atoms with Crippen LogP contribution in [0.1, 0.15) is 10.5 Å². The Labute approximate surface area is 96.1 Å². The van der Waals surface area contributed by atoms with Crippen LogP contribution in [0.4, 0.5) is 0 Å². The molecule has 0 saturated carbocycles. The molecule has 5 heteroatoms. The molecule has 4 nitrogen and oxygen atoms in total. The Morgan fingerprint density at radius 2 is 2.31 bits per heavy atom. The third kappa shape index (κ3) is 1.90. The van der Waals surface area contributed by atoms with Crippen LogP contribution in [0.15, 0.2) is 23.6 Å². The summed E-state index contributed by atoms with van der Waals surface area (Å²) in [7, 11) is 1.48. The fourth-order valence-corrected chi connectivity index (χ4v) is 2.05. The van der Waals surface area contributed by atoms with Gasteiger partial charge in [-0.1, -0.05) is 0 Å². The van der Waals surface area contributed by atoms with E-state index >= 15 is 0 Å². The Balaban J connectivity index is 2.43. The lowest BCUT2D eigenvalue weighted by Gasteiger charge is -2.04. The number of ether oxygens (including phenoxy) is 1. The average molecular weight is 235 g/mol. The van der Waals surface area contributed by atoms with E-state index in [1.807, 2.05) is 0 Å². The van der Waals surface area contributed by atoms with Crippen molar-refractivity contribution < 1.29 is 14.6 Å². The molecule has 0 aliphatic heterocycles. The number of carbonyl (C=O) groups excluding carboxylic acids is 1. The largest absolute Gasteiger partial charge is 0.504 e. The Hall–Kier alpha value is -1.88. The van der Waals surface area contributed by atoms with Gasteiger partial charge in [-0.05, 0) is 18.2 Å². The van der Waals surface area contributed by atoms with Crippen molar-refractivity contribution in [3.05, 3.63) is 29.3 Å². The number of aromatic nitrogens is 1. The van der Waals surface area contributed by atoms with E-state index in [0.717, 1.165) is 10.6 Å². The summed E-state index contributed by atoms with van der Waals surface area (Å²) >= 11 is 1.37. The van der Waals surface area contributed by atoms with E-state index in [-0.39, 0.29) is 5.75 Å². The average Bonchev–Trinajstić information content (AvgIpc) is 2.78. The fourth-order valence-electron chi connectivity index (χ4n) is 1.28. The lowest BCUT2D eigenvalue weighted by Crippen LogP contribution is -1.85. The van der Waals surface area contributed by atoms with Crippen molar-refractivity contribution in [2.75, 3.05) is 7.11 Å². The third-order valence-electron chi connectivity index (χ3n) is 2.07. The Morgan fingerprint density at radius 3 is 2.94 bits per heavy atom. The summed E-state index contributed by atoms with van der Waals surface area (Å²) in [6.45, 7) is 0. The molecule has 0 spiro atoms. The first kappa shape index (κ1) is 10.6. The van der Waals surface area contributed by atoms with Crippen LogP contribution in [0.25, 0.3) is 10.6 Å². The summed E-state index contributed by atoms with van der Waals surface area (Å²) in [4.78, 5) is 14.6. The van der Waals surface area contributed by atoms with Crippen molar-refractivity contribution in [3.63, 3.8) is 0 Å². The van der Waals surface area contributed by atoms with Gasteiger partial charge in [-0.15, -0.1) is 11.3 Å². The smallest absolute Gasteiger partial charge is 0.169 e. The number of nitrogens with zero attached hydrogens (tertiary/aromatic N) is 1. The van der Waals surface area contributed by atoms with Gasteiger partial charge in [0.05, 0.1) is 7.11 Å². The highest BCUT2D eigenvalue weighted by Gasteiger charge is 2.07. The molecule has 2 aromatic rings. The number of thiazole rings is 1. The monoisotopic (exact) mass is 235 g/mol. The zero-order valence-electron chi connectivity index (χ0n) is 8.51. The van der Waals surface area contributed by atoms with Crippen LogP contribution in [0.3, 0.4) is 0 Å². The molecule has 1 aromatic heterocycles. The number of rotatable bonds is 3. The molecule has 0 amide bonds. The first-order valence-corrected chi connectivity index (χ1v) is 5.40. The van der Waals surface area contributed by atoms with Gasteiger partial charge in [0, 0.05) is 10.9 Å². The first-order valence-electron chi connectivity index (χ1n) is 4.52. The van der Waals surface area contributed by atoms with Gasteiger partial charge in [0.15, 0.2) is 17.8 Å². The number of aromatic hydroxyl groups is 1. The van der Waals surface area contributed by atoms with Crippen LogP contribution >= 0.6 is 11.3 Å². The fraction of sp³-hybridized carbons (Fsp3) is 0.0909. The van der Waals surface area contributed by atoms with Gasteiger partial charge in [0.1, 0.15) is 10.7 Å². The van der Waals surface area contributed by atoms with Crippen LogP contribution in [0.2, 0.25) is 0 Å². The van der Waals surface area contributed by atoms with Crippen molar-refractivity contribution in [1.29, 1.82) is 0 Å². The number of methoxy groups -OCH3 is 1. The molecular weight excluding hydrogens is 226 g/mol. The molecule has 0 atom stereocenters. The summed E-state index contributed by atoms with van der Waals surface area (Å²) < 4.78 is 5.00. The second-order valence-corrected chi connectivity index (χ2v) is 3.94. The highest BCUT2D eigenvalue weighted by Crippen LogP contribution is 2.32. The topological polar surface area (TPSA) is 59.4 Å². The number of hydrogen-bond donors (Lipinski definition) is 1. The van der Waals surface area contributed by atoms with Gasteiger partial charge >= 0.3 is 0 Å². The molecule has 1 aromatic carbocycles. The summed E-state index contributed by atoms with van der Waals surface area (Å²) in [6, 6.07) is 4.95. The van der Waals surface area contributed by atoms with Crippen LogP contribution in [-0.2, 0) is 0 Å². The molecule has 0 fully saturated rings. The second kappa shape index (κ2) is 4.32. The van der Waals surface area contributed by atoms with Gasteiger partial charge in [-0.2, -0.15) is 0 Å². The molecule has 82 valence electrons. The molecule has 16 heavy (non-hydrogen) atoms. The molecule has 1 N–H and O–H groups in total. The normalized spacial score (nSPS) is 10.1. The molecule has 1 heterocycles. The summed E-state index contributed by atoms with van der Waals surface area (Å²) in [5.74, 6) is 0.471. The van der Waals surface area contributed by atoms with Crippen LogP contribution in [-0.4, -0.2) is 23.5 Å². The first-order chi connectivity index (χ1) is 7.74. The molecule has 0 unspecified atom stereocenters. The number of carbonyl (C=O) groups is 1. The second-order valence-electron chi connectivity index (χ2n) is 3.08. The molecule has 0 saturated heterocycles. The molecular formula is C11H9NO3S. The quantitative estimate of drug-likeness (QED) is 0.829. The van der Waals surface area contributed by atoms with Crippen LogP contribution in [0, 0.1) is 0 Å². The Morgan fingerprint density at radius 1 is 1.50 bits per heavy atom. The number of phenolic OH excluding ortho intramolecular Hbond substituents is 1. The minimum Gasteiger partial charge on any atom is -0.504 e. The van der Waals surface area contributed by atoms with Crippen molar-refractivity contribution >= 4 is 17.6 Å². The van der Waals surface area contributed by atoms with Gasteiger partial charge in [-0.25, -0.2) is 4.98 Å². The molecule has 2 rings (SSSR count).